The van der Waals surface area contributed by atoms with E-state index in [1.165, 1.54) is 44.2 Å². The van der Waals surface area contributed by atoms with E-state index in [1.807, 2.05) is 24.4 Å². The molecule has 0 aliphatic heterocycles. The second-order valence-corrected chi connectivity index (χ2v) is 11.6. The van der Waals surface area contributed by atoms with Crippen molar-refractivity contribution in [3.05, 3.63) is 156 Å². The van der Waals surface area contributed by atoms with Gasteiger partial charge in [0.25, 0.3) is 0 Å². The maximum Gasteiger partial charge on any atom is 0.137 e. The van der Waals surface area contributed by atoms with E-state index < -0.39 is 0 Å². The molecule has 8 aromatic rings. The monoisotopic (exact) mass is 568 g/mol. The molecule has 3 aromatic heterocycles. The number of imidazole rings is 1. The third kappa shape index (κ3) is 4.26. The van der Waals surface area contributed by atoms with Crippen molar-refractivity contribution in [2.75, 3.05) is 4.90 Å². The van der Waals surface area contributed by atoms with E-state index in [9.17, 15) is 0 Å². The average Bonchev–Trinajstić information content (AvgIpc) is 3.62. The first kappa shape index (κ1) is 26.1. The van der Waals surface area contributed by atoms with Gasteiger partial charge in [-0.15, -0.1) is 0 Å². The van der Waals surface area contributed by atoms with Gasteiger partial charge >= 0.3 is 0 Å². The lowest BCUT2D eigenvalue weighted by Crippen LogP contribution is -2.09. The SMILES string of the molecule is Cc1cc(C)c(-n2c3ccccc3c3cc(N(c4ccccc4)c4ccc(-c5cn6ccccc6n5)cc4)ccc32)c(C)c1. The summed E-state index contributed by atoms with van der Waals surface area (Å²) in [7, 11) is 0. The Morgan fingerprint density at radius 2 is 1.23 bits per heavy atom. The van der Waals surface area contributed by atoms with Crippen molar-refractivity contribution in [2.24, 2.45) is 0 Å². The summed E-state index contributed by atoms with van der Waals surface area (Å²) < 4.78 is 4.50. The third-order valence-corrected chi connectivity index (χ3v) is 8.57. The number of hydrogen-bond acceptors (Lipinski definition) is 2. The van der Waals surface area contributed by atoms with Gasteiger partial charge in [0.15, 0.2) is 0 Å². The largest absolute Gasteiger partial charge is 0.310 e. The molecule has 0 radical (unpaired) electrons. The quantitative estimate of drug-likeness (QED) is 0.206. The Morgan fingerprint density at radius 1 is 0.568 bits per heavy atom. The molecule has 0 spiro atoms. The lowest BCUT2D eigenvalue weighted by molar-refractivity contribution is 1.11. The minimum Gasteiger partial charge on any atom is -0.310 e. The van der Waals surface area contributed by atoms with Crippen LogP contribution in [0.4, 0.5) is 17.1 Å². The maximum atomic E-state index is 4.83. The van der Waals surface area contributed by atoms with Crippen LogP contribution in [0.2, 0.25) is 0 Å². The van der Waals surface area contributed by atoms with E-state index in [2.05, 4.69) is 150 Å². The van der Waals surface area contributed by atoms with E-state index in [-0.39, 0.29) is 0 Å². The smallest absolute Gasteiger partial charge is 0.137 e. The Labute approximate surface area is 257 Å². The first-order valence-corrected chi connectivity index (χ1v) is 15.1. The van der Waals surface area contributed by atoms with Gasteiger partial charge in [-0.1, -0.05) is 72.3 Å². The number of fused-ring (bicyclic) bond motifs is 4. The average molecular weight is 569 g/mol. The van der Waals surface area contributed by atoms with Crippen molar-refractivity contribution in [3.63, 3.8) is 0 Å². The summed E-state index contributed by atoms with van der Waals surface area (Å²) in [5, 5.41) is 2.48. The number of aromatic nitrogens is 3. The van der Waals surface area contributed by atoms with Crippen molar-refractivity contribution in [1.29, 1.82) is 0 Å². The predicted octanol–water partition coefficient (Wildman–Crippen LogP) is 10.5. The Kier molecular flexibility index (Phi) is 6.09. The zero-order valence-electron chi connectivity index (χ0n) is 25.1. The molecule has 5 aromatic carbocycles. The highest BCUT2D eigenvalue weighted by Gasteiger charge is 2.19. The molecular weight excluding hydrogens is 536 g/mol. The van der Waals surface area contributed by atoms with Crippen molar-refractivity contribution >= 4 is 44.5 Å². The molecule has 4 heteroatoms. The van der Waals surface area contributed by atoms with E-state index in [4.69, 9.17) is 4.98 Å². The van der Waals surface area contributed by atoms with Crippen LogP contribution in [0, 0.1) is 20.8 Å². The summed E-state index contributed by atoms with van der Waals surface area (Å²) in [6.45, 7) is 6.61. The Balaban J connectivity index is 1.29. The molecule has 0 amide bonds. The highest BCUT2D eigenvalue weighted by Crippen LogP contribution is 2.40. The lowest BCUT2D eigenvalue weighted by atomic mass is 10.0. The van der Waals surface area contributed by atoms with Crippen LogP contribution < -0.4 is 4.90 Å². The van der Waals surface area contributed by atoms with Gasteiger partial charge in [0.2, 0.25) is 0 Å². The van der Waals surface area contributed by atoms with Gasteiger partial charge in [0.1, 0.15) is 5.65 Å². The highest BCUT2D eigenvalue weighted by molar-refractivity contribution is 6.11. The van der Waals surface area contributed by atoms with Gasteiger partial charge in [0, 0.05) is 45.8 Å². The Morgan fingerprint density at radius 3 is 2.00 bits per heavy atom. The number of anilines is 3. The lowest BCUT2D eigenvalue weighted by Gasteiger charge is -2.26. The second-order valence-electron chi connectivity index (χ2n) is 11.6. The first-order chi connectivity index (χ1) is 21.5. The van der Waals surface area contributed by atoms with Crippen molar-refractivity contribution < 1.29 is 0 Å². The van der Waals surface area contributed by atoms with Gasteiger partial charge in [-0.3, -0.25) is 0 Å². The first-order valence-electron chi connectivity index (χ1n) is 15.1. The standard InChI is InChI=1S/C40H32N4/c1-27-23-28(2)40(29(3)24-27)44-37-14-8-7-13-34(37)35-25-33(20-21-38(35)44)43(31-11-5-4-6-12-31)32-18-16-30(17-19-32)36-26-42-22-10-9-15-39(42)41-36/h4-26H,1-3H3. The zero-order chi connectivity index (χ0) is 29.8. The van der Waals surface area contributed by atoms with Crippen LogP contribution in [0.5, 0.6) is 0 Å². The molecule has 8 rings (SSSR count). The molecule has 0 saturated heterocycles. The fourth-order valence-corrected chi connectivity index (χ4v) is 6.75. The van der Waals surface area contributed by atoms with E-state index in [0.717, 1.165) is 34.0 Å². The van der Waals surface area contributed by atoms with E-state index in [1.54, 1.807) is 0 Å². The van der Waals surface area contributed by atoms with Crippen LogP contribution in [0.25, 0.3) is 44.4 Å². The summed E-state index contributed by atoms with van der Waals surface area (Å²) in [5.41, 5.74) is 13.9. The molecule has 212 valence electrons. The topological polar surface area (TPSA) is 25.5 Å². The summed E-state index contributed by atoms with van der Waals surface area (Å²) in [4.78, 5) is 7.16. The Hall–Kier alpha value is -5.61. The summed E-state index contributed by atoms with van der Waals surface area (Å²) in [6.07, 6.45) is 4.12. The van der Waals surface area contributed by atoms with Gasteiger partial charge in [-0.25, -0.2) is 4.98 Å². The van der Waals surface area contributed by atoms with Crippen LogP contribution in [-0.2, 0) is 0 Å². The highest BCUT2D eigenvalue weighted by atomic mass is 15.1. The Bertz CT molecular complexity index is 2250. The van der Waals surface area contributed by atoms with Crippen LogP contribution in [0.3, 0.4) is 0 Å². The molecule has 0 N–H and O–H groups in total. The maximum absolute atomic E-state index is 4.83. The van der Waals surface area contributed by atoms with E-state index >= 15 is 0 Å². The predicted molar refractivity (Wildman–Crippen MR) is 184 cm³/mol. The molecule has 4 nitrogen and oxygen atoms in total. The second kappa shape index (κ2) is 10.3. The fourth-order valence-electron chi connectivity index (χ4n) is 6.75. The normalized spacial score (nSPS) is 11.5. The number of aryl methyl sites for hydroxylation is 3. The number of pyridine rings is 1. The van der Waals surface area contributed by atoms with Crippen molar-refractivity contribution in [1.82, 2.24) is 14.0 Å². The number of rotatable bonds is 5. The van der Waals surface area contributed by atoms with Crippen LogP contribution in [0.1, 0.15) is 16.7 Å². The van der Waals surface area contributed by atoms with Crippen LogP contribution in [-0.4, -0.2) is 14.0 Å². The van der Waals surface area contributed by atoms with Gasteiger partial charge in [-0.2, -0.15) is 0 Å². The molecule has 0 fully saturated rings. The molecule has 0 saturated carbocycles. The summed E-state index contributed by atoms with van der Waals surface area (Å²) in [5.74, 6) is 0. The molecule has 44 heavy (non-hydrogen) atoms. The molecule has 3 heterocycles. The summed E-state index contributed by atoms with van der Waals surface area (Å²) in [6, 6.07) is 45.6. The molecule has 0 atom stereocenters. The van der Waals surface area contributed by atoms with Crippen molar-refractivity contribution in [2.45, 2.75) is 20.8 Å². The number of hydrogen-bond donors (Lipinski definition) is 0. The number of nitrogens with zero attached hydrogens (tertiary/aromatic N) is 4. The van der Waals surface area contributed by atoms with Crippen molar-refractivity contribution in [3.8, 4) is 16.9 Å². The minimum absolute atomic E-state index is 0.945. The number of benzene rings is 5. The molecule has 0 bridgehead atoms. The van der Waals surface area contributed by atoms with Gasteiger partial charge in [-0.05, 0) is 92.6 Å². The molecule has 0 aliphatic carbocycles. The van der Waals surface area contributed by atoms with Crippen LogP contribution in [0.15, 0.2) is 140 Å². The molecule has 0 unspecified atom stereocenters. The molecule has 0 aliphatic rings. The van der Waals surface area contributed by atoms with Gasteiger partial charge < -0.3 is 13.9 Å². The fraction of sp³-hybridized carbons (Fsp3) is 0.0750. The third-order valence-electron chi connectivity index (χ3n) is 8.57. The van der Waals surface area contributed by atoms with Gasteiger partial charge in [0.05, 0.1) is 22.4 Å². The van der Waals surface area contributed by atoms with E-state index in [0.29, 0.717) is 0 Å². The minimum atomic E-state index is 0.945. The summed E-state index contributed by atoms with van der Waals surface area (Å²) >= 11 is 0. The van der Waals surface area contributed by atoms with Crippen LogP contribution >= 0.6 is 0 Å². The molecular formula is C40H32N4. The zero-order valence-corrected chi connectivity index (χ0v) is 25.1. The number of para-hydroxylation sites is 2.